The summed E-state index contributed by atoms with van der Waals surface area (Å²) in [5.74, 6) is 2.91. The fourth-order valence-corrected chi connectivity index (χ4v) is 3.45. The fraction of sp³-hybridized carbons (Fsp3) is 0.632. The quantitative estimate of drug-likeness (QED) is 0.669. The topological polar surface area (TPSA) is 36.9 Å². The van der Waals surface area contributed by atoms with Crippen molar-refractivity contribution >= 4 is 5.96 Å². The van der Waals surface area contributed by atoms with Crippen molar-refractivity contribution in [3.05, 3.63) is 30.3 Å². The van der Waals surface area contributed by atoms with Gasteiger partial charge in [-0.1, -0.05) is 31.5 Å². The zero-order chi connectivity index (χ0) is 16.1. The first-order valence-electron chi connectivity index (χ1n) is 9.00. The SMILES string of the molecule is CCCC1CC1NC(=NC)N1CCC(Oc2ccccc2)CC1. The average molecular weight is 315 g/mol. The highest BCUT2D eigenvalue weighted by Gasteiger charge is 2.37. The summed E-state index contributed by atoms with van der Waals surface area (Å²) >= 11 is 0. The molecule has 1 aromatic carbocycles. The van der Waals surface area contributed by atoms with E-state index in [1.54, 1.807) is 0 Å². The summed E-state index contributed by atoms with van der Waals surface area (Å²) in [5.41, 5.74) is 0. The molecule has 23 heavy (non-hydrogen) atoms. The van der Waals surface area contributed by atoms with Gasteiger partial charge >= 0.3 is 0 Å². The minimum absolute atomic E-state index is 0.320. The van der Waals surface area contributed by atoms with Crippen LogP contribution in [-0.2, 0) is 0 Å². The molecule has 4 nitrogen and oxygen atoms in total. The Labute approximate surface area is 139 Å². The van der Waals surface area contributed by atoms with E-state index in [1.165, 1.54) is 19.3 Å². The molecule has 1 aliphatic carbocycles. The molecule has 2 fully saturated rings. The second kappa shape index (κ2) is 7.71. The van der Waals surface area contributed by atoms with Crippen molar-refractivity contribution in [1.82, 2.24) is 10.2 Å². The van der Waals surface area contributed by atoms with E-state index >= 15 is 0 Å². The van der Waals surface area contributed by atoms with Gasteiger partial charge in [0.1, 0.15) is 11.9 Å². The Bertz CT molecular complexity index is 509. The summed E-state index contributed by atoms with van der Waals surface area (Å²) in [6.07, 6.45) is 6.35. The van der Waals surface area contributed by atoms with Crippen LogP contribution >= 0.6 is 0 Å². The van der Waals surface area contributed by atoms with Gasteiger partial charge in [-0.2, -0.15) is 0 Å². The zero-order valence-corrected chi connectivity index (χ0v) is 14.4. The Morgan fingerprint density at radius 3 is 2.65 bits per heavy atom. The molecule has 3 rings (SSSR count). The van der Waals surface area contributed by atoms with Gasteiger partial charge in [0.2, 0.25) is 0 Å². The number of hydrogen-bond donors (Lipinski definition) is 1. The first-order valence-corrected chi connectivity index (χ1v) is 9.00. The lowest BCUT2D eigenvalue weighted by Gasteiger charge is -2.34. The summed E-state index contributed by atoms with van der Waals surface area (Å²) in [6.45, 7) is 4.30. The van der Waals surface area contributed by atoms with Crippen LogP contribution in [0.1, 0.15) is 39.0 Å². The number of guanidine groups is 1. The summed E-state index contributed by atoms with van der Waals surface area (Å²) in [6, 6.07) is 10.8. The van der Waals surface area contributed by atoms with Crippen LogP contribution in [-0.4, -0.2) is 43.1 Å². The molecular formula is C19H29N3O. The van der Waals surface area contributed by atoms with Gasteiger partial charge in [0, 0.05) is 39.0 Å². The lowest BCUT2D eigenvalue weighted by atomic mass is 10.1. The number of aliphatic imine (C=N–C) groups is 1. The van der Waals surface area contributed by atoms with Crippen LogP contribution in [0.25, 0.3) is 0 Å². The molecule has 0 bridgehead atoms. The van der Waals surface area contributed by atoms with Gasteiger partial charge in [0.25, 0.3) is 0 Å². The maximum Gasteiger partial charge on any atom is 0.193 e. The van der Waals surface area contributed by atoms with Crippen molar-refractivity contribution in [2.75, 3.05) is 20.1 Å². The van der Waals surface area contributed by atoms with Gasteiger partial charge in [-0.05, 0) is 30.9 Å². The number of nitrogens with zero attached hydrogens (tertiary/aromatic N) is 2. The summed E-state index contributed by atoms with van der Waals surface area (Å²) in [4.78, 5) is 6.87. The van der Waals surface area contributed by atoms with Crippen molar-refractivity contribution in [2.45, 2.75) is 51.2 Å². The van der Waals surface area contributed by atoms with Crippen molar-refractivity contribution in [2.24, 2.45) is 10.9 Å². The molecule has 0 radical (unpaired) electrons. The number of rotatable bonds is 5. The minimum atomic E-state index is 0.320. The first-order chi connectivity index (χ1) is 11.3. The molecule has 2 unspecified atom stereocenters. The minimum Gasteiger partial charge on any atom is -0.490 e. The molecular weight excluding hydrogens is 286 g/mol. The second-order valence-corrected chi connectivity index (χ2v) is 6.70. The van der Waals surface area contributed by atoms with Crippen molar-refractivity contribution in [3.63, 3.8) is 0 Å². The fourth-order valence-electron chi connectivity index (χ4n) is 3.45. The van der Waals surface area contributed by atoms with Crippen LogP contribution < -0.4 is 10.1 Å². The molecule has 1 N–H and O–H groups in total. The van der Waals surface area contributed by atoms with Gasteiger partial charge in [0.05, 0.1) is 0 Å². The van der Waals surface area contributed by atoms with E-state index in [9.17, 15) is 0 Å². The number of hydrogen-bond acceptors (Lipinski definition) is 2. The second-order valence-electron chi connectivity index (χ2n) is 6.70. The Morgan fingerprint density at radius 2 is 2.00 bits per heavy atom. The third-order valence-electron chi connectivity index (χ3n) is 4.90. The lowest BCUT2D eigenvalue weighted by molar-refractivity contribution is 0.129. The summed E-state index contributed by atoms with van der Waals surface area (Å²) < 4.78 is 6.07. The number of ether oxygens (including phenoxy) is 1. The molecule has 1 saturated carbocycles. The van der Waals surface area contributed by atoms with E-state index in [2.05, 4.69) is 22.1 Å². The van der Waals surface area contributed by atoms with Crippen LogP contribution in [0.15, 0.2) is 35.3 Å². The molecule has 2 atom stereocenters. The zero-order valence-electron chi connectivity index (χ0n) is 14.4. The highest BCUT2D eigenvalue weighted by molar-refractivity contribution is 5.80. The Morgan fingerprint density at radius 1 is 1.26 bits per heavy atom. The van der Waals surface area contributed by atoms with Crippen LogP contribution in [0, 0.1) is 5.92 Å². The van der Waals surface area contributed by atoms with Gasteiger partial charge < -0.3 is 15.0 Å². The largest absolute Gasteiger partial charge is 0.490 e. The Kier molecular flexibility index (Phi) is 5.42. The van der Waals surface area contributed by atoms with Crippen LogP contribution in [0.4, 0.5) is 0 Å². The Balaban J connectivity index is 1.44. The molecule has 2 aliphatic rings. The van der Waals surface area contributed by atoms with Crippen molar-refractivity contribution in [1.29, 1.82) is 0 Å². The van der Waals surface area contributed by atoms with E-state index < -0.39 is 0 Å². The highest BCUT2D eigenvalue weighted by Crippen LogP contribution is 2.34. The van der Waals surface area contributed by atoms with Gasteiger partial charge in [-0.15, -0.1) is 0 Å². The molecule has 0 aromatic heterocycles. The number of benzene rings is 1. The van der Waals surface area contributed by atoms with Crippen molar-refractivity contribution < 1.29 is 4.74 Å². The van der Waals surface area contributed by atoms with Crippen molar-refractivity contribution in [3.8, 4) is 5.75 Å². The molecule has 1 saturated heterocycles. The van der Waals surface area contributed by atoms with E-state index in [0.29, 0.717) is 12.1 Å². The predicted molar refractivity (Wildman–Crippen MR) is 95.0 cm³/mol. The van der Waals surface area contributed by atoms with Crippen LogP contribution in [0.2, 0.25) is 0 Å². The molecule has 1 aromatic rings. The monoisotopic (exact) mass is 315 g/mol. The highest BCUT2D eigenvalue weighted by atomic mass is 16.5. The summed E-state index contributed by atoms with van der Waals surface area (Å²) in [7, 11) is 1.89. The number of likely N-dealkylation sites (tertiary alicyclic amines) is 1. The van der Waals surface area contributed by atoms with Crippen LogP contribution in [0.5, 0.6) is 5.75 Å². The number of para-hydroxylation sites is 1. The molecule has 4 heteroatoms. The molecule has 0 amide bonds. The molecule has 126 valence electrons. The smallest absolute Gasteiger partial charge is 0.193 e. The lowest BCUT2D eigenvalue weighted by Crippen LogP contribution is -2.48. The molecule has 1 heterocycles. The third-order valence-corrected chi connectivity index (χ3v) is 4.90. The van der Waals surface area contributed by atoms with E-state index in [0.717, 1.165) is 43.6 Å². The van der Waals surface area contributed by atoms with Gasteiger partial charge in [0.15, 0.2) is 5.96 Å². The normalized spacial score (nSPS) is 25.3. The molecule has 0 spiro atoms. The first kappa shape index (κ1) is 16.2. The average Bonchev–Trinajstić information content (AvgIpc) is 3.32. The van der Waals surface area contributed by atoms with E-state index in [1.807, 2.05) is 37.4 Å². The predicted octanol–water partition coefficient (Wildman–Crippen LogP) is 3.29. The van der Waals surface area contributed by atoms with E-state index in [4.69, 9.17) is 4.74 Å². The summed E-state index contributed by atoms with van der Waals surface area (Å²) in [5, 5.41) is 3.64. The number of nitrogens with one attached hydrogen (secondary N) is 1. The van der Waals surface area contributed by atoms with Gasteiger partial charge in [-0.3, -0.25) is 4.99 Å². The van der Waals surface area contributed by atoms with Crippen LogP contribution in [0.3, 0.4) is 0 Å². The van der Waals surface area contributed by atoms with E-state index in [-0.39, 0.29) is 0 Å². The maximum atomic E-state index is 6.07. The Hall–Kier alpha value is -1.71. The van der Waals surface area contributed by atoms with Gasteiger partial charge in [-0.25, -0.2) is 0 Å². The maximum absolute atomic E-state index is 6.07. The third kappa shape index (κ3) is 4.40. The number of piperidine rings is 1. The molecule has 1 aliphatic heterocycles. The standard InChI is InChI=1S/C19H29N3O/c1-3-7-15-14-18(15)21-19(20-2)22-12-10-17(11-13-22)23-16-8-5-4-6-9-16/h4-6,8-9,15,17-18H,3,7,10-14H2,1-2H3,(H,20,21).